The number of carbonyl (C=O) groups excluding carboxylic acids is 2. The molecule has 0 aliphatic carbocycles. The van der Waals surface area contributed by atoms with Crippen LogP contribution in [-0.4, -0.2) is 52.9 Å². The van der Waals surface area contributed by atoms with E-state index in [-0.39, 0.29) is 19.7 Å². The van der Waals surface area contributed by atoms with Crippen LogP contribution in [-0.2, 0) is 27.4 Å². The van der Waals surface area contributed by atoms with Crippen molar-refractivity contribution in [1.29, 1.82) is 0 Å². The number of amides is 1. The highest BCUT2D eigenvalue weighted by Gasteiger charge is 2.10. The van der Waals surface area contributed by atoms with Crippen molar-refractivity contribution in [2.45, 2.75) is 13.1 Å². The molecule has 0 saturated heterocycles. The fourth-order valence-electron chi connectivity index (χ4n) is 1.82. The Balaban J connectivity index is 1.75. The van der Waals surface area contributed by atoms with Gasteiger partial charge in [-0.25, -0.2) is 4.68 Å². The van der Waals surface area contributed by atoms with E-state index in [0.717, 1.165) is 5.56 Å². The summed E-state index contributed by atoms with van der Waals surface area (Å²) in [7, 11) is 3.08. The van der Waals surface area contributed by atoms with Gasteiger partial charge in [0, 0.05) is 6.54 Å². The molecule has 10 nitrogen and oxygen atoms in total. The summed E-state index contributed by atoms with van der Waals surface area (Å²) in [4.78, 5) is 23.2. The number of nitrogens with zero attached hydrogens (tertiary/aromatic N) is 4. The Morgan fingerprint density at radius 1 is 1.21 bits per heavy atom. The second-order valence-corrected chi connectivity index (χ2v) is 4.63. The van der Waals surface area contributed by atoms with E-state index in [9.17, 15) is 9.59 Å². The molecule has 2 aromatic rings. The van der Waals surface area contributed by atoms with Crippen LogP contribution >= 0.6 is 0 Å². The second-order valence-electron chi connectivity index (χ2n) is 4.63. The molecule has 1 amide bonds. The molecule has 10 heteroatoms. The highest BCUT2D eigenvalue weighted by Crippen LogP contribution is 2.27. The van der Waals surface area contributed by atoms with E-state index in [2.05, 4.69) is 20.8 Å². The molecule has 0 atom stereocenters. The van der Waals surface area contributed by atoms with Crippen molar-refractivity contribution >= 4 is 11.9 Å². The number of hydrogen-bond acceptors (Lipinski definition) is 8. The number of tetrazole rings is 1. The van der Waals surface area contributed by atoms with E-state index in [0.29, 0.717) is 11.5 Å². The van der Waals surface area contributed by atoms with Crippen LogP contribution in [0.25, 0.3) is 0 Å². The molecule has 0 radical (unpaired) electrons. The zero-order chi connectivity index (χ0) is 17.4. The Morgan fingerprint density at radius 2 is 2.00 bits per heavy atom. The molecule has 1 heterocycles. The van der Waals surface area contributed by atoms with Gasteiger partial charge >= 0.3 is 5.97 Å². The summed E-state index contributed by atoms with van der Waals surface area (Å²) in [5.41, 5.74) is 0.820. The van der Waals surface area contributed by atoms with Gasteiger partial charge in [-0.05, 0) is 28.1 Å². The third-order valence-corrected chi connectivity index (χ3v) is 2.98. The average molecular weight is 335 g/mol. The largest absolute Gasteiger partial charge is 0.493 e. The van der Waals surface area contributed by atoms with E-state index in [1.54, 1.807) is 25.3 Å². The van der Waals surface area contributed by atoms with Crippen molar-refractivity contribution in [2.75, 3.05) is 20.8 Å². The minimum Gasteiger partial charge on any atom is -0.493 e. The van der Waals surface area contributed by atoms with Crippen molar-refractivity contribution in [3.63, 3.8) is 0 Å². The van der Waals surface area contributed by atoms with Crippen LogP contribution in [0.2, 0.25) is 0 Å². The third kappa shape index (κ3) is 4.93. The maximum atomic E-state index is 11.7. The Labute approximate surface area is 137 Å². The van der Waals surface area contributed by atoms with Crippen LogP contribution in [0.3, 0.4) is 0 Å². The SMILES string of the molecule is COc1ccc(CNC(=O)COC(=O)Cn2cnnn2)cc1OC. The van der Waals surface area contributed by atoms with E-state index in [1.165, 1.54) is 18.1 Å². The van der Waals surface area contributed by atoms with Gasteiger partial charge in [0.1, 0.15) is 12.9 Å². The lowest BCUT2D eigenvalue weighted by atomic mass is 10.2. The summed E-state index contributed by atoms with van der Waals surface area (Å²) in [6.07, 6.45) is 1.28. The Morgan fingerprint density at radius 3 is 2.67 bits per heavy atom. The molecule has 2 rings (SSSR count). The predicted molar refractivity (Wildman–Crippen MR) is 80.2 cm³/mol. The molecule has 0 aliphatic heterocycles. The topological polar surface area (TPSA) is 117 Å². The normalized spacial score (nSPS) is 10.1. The van der Waals surface area contributed by atoms with Gasteiger partial charge in [-0.15, -0.1) is 5.10 Å². The number of hydrogen-bond donors (Lipinski definition) is 1. The van der Waals surface area contributed by atoms with E-state index in [1.807, 2.05) is 0 Å². The van der Waals surface area contributed by atoms with Crippen LogP contribution in [0.1, 0.15) is 5.56 Å². The lowest BCUT2D eigenvalue weighted by molar-refractivity contribution is -0.149. The zero-order valence-corrected chi connectivity index (χ0v) is 13.3. The lowest BCUT2D eigenvalue weighted by Gasteiger charge is -2.10. The van der Waals surface area contributed by atoms with Crippen molar-refractivity contribution in [2.24, 2.45) is 0 Å². The monoisotopic (exact) mass is 335 g/mol. The minimum atomic E-state index is -0.608. The maximum Gasteiger partial charge on any atom is 0.328 e. The Hall–Kier alpha value is -3.17. The van der Waals surface area contributed by atoms with E-state index < -0.39 is 11.9 Å². The molecule has 1 aromatic carbocycles. The fraction of sp³-hybridized carbons (Fsp3) is 0.357. The first-order valence-electron chi connectivity index (χ1n) is 6.96. The highest BCUT2D eigenvalue weighted by atomic mass is 16.5. The second kappa shape index (κ2) is 8.46. The minimum absolute atomic E-state index is 0.157. The molecular weight excluding hydrogens is 318 g/mol. The van der Waals surface area contributed by atoms with Crippen LogP contribution in [0.15, 0.2) is 24.5 Å². The fourth-order valence-corrected chi connectivity index (χ4v) is 1.82. The number of benzene rings is 1. The molecule has 24 heavy (non-hydrogen) atoms. The van der Waals surface area contributed by atoms with Crippen molar-refractivity contribution < 1.29 is 23.8 Å². The van der Waals surface area contributed by atoms with Crippen molar-refractivity contribution in [3.05, 3.63) is 30.1 Å². The number of methoxy groups -OCH3 is 2. The van der Waals surface area contributed by atoms with Gasteiger partial charge in [0.2, 0.25) is 0 Å². The molecule has 128 valence electrons. The molecule has 0 fully saturated rings. The van der Waals surface area contributed by atoms with Gasteiger partial charge in [-0.1, -0.05) is 6.07 Å². The standard InChI is InChI=1S/C14H17N5O5/c1-22-11-4-3-10(5-12(11)23-2)6-15-13(20)8-24-14(21)7-19-9-16-17-18-19/h3-5,9H,6-8H2,1-2H3,(H,15,20). The smallest absolute Gasteiger partial charge is 0.328 e. The van der Waals surface area contributed by atoms with Gasteiger partial charge < -0.3 is 19.5 Å². The Bertz CT molecular complexity index is 689. The molecule has 0 aliphatic rings. The summed E-state index contributed by atoms with van der Waals surface area (Å²) in [6.45, 7) is -0.270. The number of ether oxygens (including phenoxy) is 3. The third-order valence-electron chi connectivity index (χ3n) is 2.98. The number of esters is 1. The van der Waals surface area contributed by atoms with Gasteiger partial charge in [-0.3, -0.25) is 9.59 Å². The quantitative estimate of drug-likeness (QED) is 0.645. The van der Waals surface area contributed by atoms with Crippen LogP contribution in [0.5, 0.6) is 11.5 Å². The molecule has 0 saturated carbocycles. The Kier molecular flexibility index (Phi) is 6.06. The first-order chi connectivity index (χ1) is 11.6. The predicted octanol–water partition coefficient (Wildman–Crippen LogP) is -0.450. The summed E-state index contributed by atoms with van der Waals surface area (Å²) in [6, 6.07) is 5.29. The van der Waals surface area contributed by atoms with Crippen molar-refractivity contribution in [1.82, 2.24) is 25.5 Å². The average Bonchev–Trinajstić information content (AvgIpc) is 3.10. The van der Waals surface area contributed by atoms with E-state index in [4.69, 9.17) is 14.2 Å². The summed E-state index contributed by atoms with van der Waals surface area (Å²) < 4.78 is 16.4. The number of rotatable bonds is 8. The van der Waals surface area contributed by atoms with Gasteiger partial charge in [-0.2, -0.15) is 0 Å². The summed E-state index contributed by atoms with van der Waals surface area (Å²) in [5.74, 6) is 0.139. The van der Waals surface area contributed by atoms with Crippen LogP contribution < -0.4 is 14.8 Å². The summed E-state index contributed by atoms with van der Waals surface area (Å²) >= 11 is 0. The zero-order valence-electron chi connectivity index (χ0n) is 13.3. The van der Waals surface area contributed by atoms with Gasteiger partial charge in [0.05, 0.1) is 14.2 Å². The number of aromatic nitrogens is 4. The lowest BCUT2D eigenvalue weighted by Crippen LogP contribution is -2.29. The molecule has 1 aromatic heterocycles. The number of carbonyl (C=O) groups is 2. The van der Waals surface area contributed by atoms with Gasteiger partial charge in [0.25, 0.3) is 5.91 Å². The molecule has 0 unspecified atom stereocenters. The van der Waals surface area contributed by atoms with Crippen molar-refractivity contribution in [3.8, 4) is 11.5 Å². The summed E-state index contributed by atoms with van der Waals surface area (Å²) in [5, 5.41) is 12.9. The maximum absolute atomic E-state index is 11.7. The number of nitrogens with one attached hydrogen (secondary N) is 1. The van der Waals surface area contributed by atoms with Gasteiger partial charge in [0.15, 0.2) is 18.1 Å². The first kappa shape index (κ1) is 17.2. The molecule has 0 spiro atoms. The van der Waals surface area contributed by atoms with E-state index >= 15 is 0 Å². The molecular formula is C14H17N5O5. The highest BCUT2D eigenvalue weighted by molar-refractivity contribution is 5.80. The van der Waals surface area contributed by atoms with Crippen LogP contribution in [0, 0.1) is 0 Å². The molecule has 0 bridgehead atoms. The van der Waals surface area contributed by atoms with Crippen LogP contribution in [0.4, 0.5) is 0 Å². The first-order valence-corrected chi connectivity index (χ1v) is 6.96. The molecule has 1 N–H and O–H groups in total.